The molecule has 9 heteroatoms. The van der Waals surface area contributed by atoms with Crippen LogP contribution in [-0.4, -0.2) is 52.7 Å². The molecule has 1 unspecified atom stereocenters. The molecule has 24 heavy (non-hydrogen) atoms. The average Bonchev–Trinajstić information content (AvgIpc) is 2.52. The molecule has 1 aromatic carbocycles. The van der Waals surface area contributed by atoms with Gasteiger partial charge in [-0.2, -0.15) is 0 Å². The molecule has 1 rings (SSSR count). The van der Waals surface area contributed by atoms with Crippen LogP contribution in [0.4, 0.5) is 10.5 Å². The summed E-state index contributed by atoms with van der Waals surface area (Å²) < 4.78 is 7.28. The van der Waals surface area contributed by atoms with E-state index in [0.717, 1.165) is 0 Å². The third-order valence-electron chi connectivity index (χ3n) is 3.11. The first-order valence-corrected chi connectivity index (χ1v) is 8.19. The van der Waals surface area contributed by atoms with Gasteiger partial charge in [-0.3, -0.25) is 0 Å². The topological polar surface area (TPSA) is 117 Å². The molecule has 1 atom stereocenters. The van der Waals surface area contributed by atoms with E-state index in [2.05, 4.69) is 36.7 Å². The van der Waals surface area contributed by atoms with Crippen LogP contribution in [-0.2, 0) is 20.9 Å². The number of hydrogen-bond acceptors (Lipinski definition) is 5. The molecule has 0 heterocycles. The first kappa shape index (κ1) is 20.0. The summed E-state index contributed by atoms with van der Waals surface area (Å²) in [7, 11) is 0. The van der Waals surface area contributed by atoms with Crippen LogP contribution in [0.5, 0.6) is 0 Å². The maximum absolute atomic E-state index is 11.9. The number of carboxylic acid groups (broad SMARTS) is 1. The number of ether oxygens (including phenoxy) is 1. The molecule has 0 saturated heterocycles. The monoisotopic (exact) mass is 397 g/mol. The summed E-state index contributed by atoms with van der Waals surface area (Å²) in [6.07, 6.45) is -1.34. The Morgan fingerprint density at radius 2 is 1.83 bits per heavy atom. The summed E-state index contributed by atoms with van der Waals surface area (Å²) in [5.41, 5.74) is 1.20. The van der Waals surface area contributed by atoms with Crippen molar-refractivity contribution >= 4 is 40.7 Å². The summed E-state index contributed by atoms with van der Waals surface area (Å²) >= 11 is 2.15. The van der Waals surface area contributed by atoms with Gasteiger partial charge in [0, 0.05) is 0 Å². The number of nitrogens with one attached hydrogen (secondary N) is 3. The third-order valence-corrected chi connectivity index (χ3v) is 3.70. The molecular weight excluding hydrogens is 377 g/mol. The van der Waals surface area contributed by atoms with Crippen molar-refractivity contribution in [1.82, 2.24) is 9.55 Å². The number of anilines is 1. The van der Waals surface area contributed by atoms with Crippen molar-refractivity contribution in [2.24, 2.45) is 5.92 Å². The van der Waals surface area contributed by atoms with Crippen molar-refractivity contribution in [3.05, 3.63) is 29.8 Å². The average molecular weight is 397 g/mol. The van der Waals surface area contributed by atoms with Crippen LogP contribution in [0.15, 0.2) is 24.3 Å². The standard InChI is InChI=1S/C15H20AsN3O5/c1-9(2)13(19-16)14(21)17-7-12(20)18-11-5-3-10(4-6-11)8-24-15(22)23/h3-6,9,13,19H,7-8H2,1-2H3,(H,17,21)(H,18,20)(H,22,23). The Labute approximate surface area is 149 Å². The first-order valence-electron chi connectivity index (χ1n) is 7.25. The zero-order chi connectivity index (χ0) is 18.1. The van der Waals surface area contributed by atoms with Crippen molar-refractivity contribution < 1.29 is 24.2 Å². The van der Waals surface area contributed by atoms with E-state index in [1.54, 1.807) is 24.3 Å². The van der Waals surface area contributed by atoms with Gasteiger partial charge in [0.2, 0.25) is 0 Å². The van der Waals surface area contributed by atoms with Gasteiger partial charge in [-0.05, 0) is 0 Å². The van der Waals surface area contributed by atoms with E-state index in [0.29, 0.717) is 11.3 Å². The minimum absolute atomic E-state index is 0.0568. The summed E-state index contributed by atoms with van der Waals surface area (Å²) in [6, 6.07) is 6.16. The molecule has 0 fully saturated rings. The normalized spacial score (nSPS) is 11.7. The molecule has 2 radical (unpaired) electrons. The van der Waals surface area contributed by atoms with E-state index < -0.39 is 6.16 Å². The number of rotatable bonds is 8. The SMILES string of the molecule is CC(C)C(N[As])C(=O)NCC(=O)Nc1ccc(COC(=O)O)cc1. The Balaban J connectivity index is 2.45. The number of benzene rings is 1. The number of carbonyl (C=O) groups excluding carboxylic acids is 2. The second-order valence-electron chi connectivity index (χ2n) is 5.37. The second-order valence-corrected chi connectivity index (χ2v) is 5.91. The van der Waals surface area contributed by atoms with Crippen molar-refractivity contribution in [3.63, 3.8) is 0 Å². The van der Waals surface area contributed by atoms with Gasteiger partial charge in [0.15, 0.2) is 0 Å². The predicted molar refractivity (Wildman–Crippen MR) is 88.4 cm³/mol. The Hall–Kier alpha value is -2.05. The zero-order valence-corrected chi connectivity index (χ0v) is 15.3. The molecule has 0 aliphatic rings. The molecule has 8 nitrogen and oxygen atoms in total. The number of amides is 2. The van der Waals surface area contributed by atoms with Gasteiger partial charge in [0.05, 0.1) is 0 Å². The van der Waals surface area contributed by atoms with E-state index in [4.69, 9.17) is 5.11 Å². The zero-order valence-electron chi connectivity index (χ0n) is 13.4. The van der Waals surface area contributed by atoms with Crippen LogP contribution in [0.1, 0.15) is 19.4 Å². The third kappa shape index (κ3) is 7.02. The molecule has 130 valence electrons. The summed E-state index contributed by atoms with van der Waals surface area (Å²) in [4.78, 5) is 34.1. The molecule has 0 aromatic heterocycles. The Morgan fingerprint density at radius 1 is 1.21 bits per heavy atom. The molecule has 4 N–H and O–H groups in total. The summed E-state index contributed by atoms with van der Waals surface area (Å²) in [5, 5.41) is 13.6. The fraction of sp³-hybridized carbons (Fsp3) is 0.400. The van der Waals surface area contributed by atoms with Crippen molar-refractivity contribution in [1.29, 1.82) is 0 Å². The fourth-order valence-corrected chi connectivity index (χ4v) is 2.69. The van der Waals surface area contributed by atoms with Crippen LogP contribution in [0.3, 0.4) is 0 Å². The molecule has 2 amide bonds. The van der Waals surface area contributed by atoms with Crippen LogP contribution in [0.25, 0.3) is 0 Å². The quantitative estimate of drug-likeness (QED) is 0.378. The van der Waals surface area contributed by atoms with Crippen molar-refractivity contribution in [2.75, 3.05) is 11.9 Å². The van der Waals surface area contributed by atoms with Crippen molar-refractivity contribution in [3.8, 4) is 0 Å². The first-order chi connectivity index (χ1) is 11.3. The van der Waals surface area contributed by atoms with Crippen LogP contribution in [0.2, 0.25) is 0 Å². The van der Waals surface area contributed by atoms with Gasteiger partial charge >= 0.3 is 134 Å². The Morgan fingerprint density at radius 3 is 2.33 bits per heavy atom. The van der Waals surface area contributed by atoms with Gasteiger partial charge in [-0.25, -0.2) is 4.79 Å². The van der Waals surface area contributed by atoms with Crippen LogP contribution in [0, 0.1) is 5.92 Å². The molecule has 1 aromatic rings. The Bertz CT molecular complexity index is 577. The molecule has 0 aliphatic heterocycles. The fourth-order valence-electron chi connectivity index (χ4n) is 1.82. The predicted octanol–water partition coefficient (Wildman–Crippen LogP) is 0.634. The Kier molecular flexibility index (Phi) is 8.29. The summed E-state index contributed by atoms with van der Waals surface area (Å²) in [6.45, 7) is 3.61. The summed E-state index contributed by atoms with van der Waals surface area (Å²) in [5.74, 6) is -0.510. The van der Waals surface area contributed by atoms with E-state index in [-0.39, 0.29) is 36.9 Å². The minimum atomic E-state index is -1.34. The van der Waals surface area contributed by atoms with Gasteiger partial charge in [0.1, 0.15) is 0 Å². The van der Waals surface area contributed by atoms with E-state index in [9.17, 15) is 14.4 Å². The van der Waals surface area contributed by atoms with E-state index in [1.165, 1.54) is 0 Å². The molecular formula is C15H20AsN3O5. The molecule has 0 bridgehead atoms. The number of carbonyl (C=O) groups is 3. The van der Waals surface area contributed by atoms with E-state index >= 15 is 0 Å². The molecule has 0 spiro atoms. The molecule has 0 saturated carbocycles. The van der Waals surface area contributed by atoms with Gasteiger partial charge < -0.3 is 9.84 Å². The maximum atomic E-state index is 11.9. The van der Waals surface area contributed by atoms with Crippen LogP contribution < -0.4 is 14.9 Å². The number of hydrogen-bond donors (Lipinski definition) is 4. The van der Waals surface area contributed by atoms with Gasteiger partial charge in [-0.1, -0.05) is 0 Å². The van der Waals surface area contributed by atoms with Crippen molar-refractivity contribution in [2.45, 2.75) is 26.5 Å². The van der Waals surface area contributed by atoms with Gasteiger partial charge in [0.25, 0.3) is 0 Å². The van der Waals surface area contributed by atoms with Gasteiger partial charge in [-0.15, -0.1) is 0 Å². The molecule has 0 aliphatic carbocycles. The van der Waals surface area contributed by atoms with E-state index in [1.807, 2.05) is 13.8 Å². The van der Waals surface area contributed by atoms with Crippen LogP contribution >= 0.6 is 0 Å². The second kappa shape index (κ2) is 9.95.